The number of unbranched alkanes of at least 4 members (excludes halogenated alkanes) is 8. The fraction of sp³-hybridized carbons (Fsp3) is 0.905. The number of aliphatic hydroxyl groups is 1. The van der Waals surface area contributed by atoms with Gasteiger partial charge >= 0.3 is 0 Å². The van der Waals surface area contributed by atoms with Gasteiger partial charge in [-0.1, -0.05) is 70.9 Å². The molecule has 0 spiro atoms. The summed E-state index contributed by atoms with van der Waals surface area (Å²) < 4.78 is 10.1. The maximum Gasteiger partial charge on any atom is 0.146 e. The van der Waals surface area contributed by atoms with Crippen molar-refractivity contribution in [3.05, 3.63) is 12.2 Å². The summed E-state index contributed by atoms with van der Waals surface area (Å²) in [5.74, 6) is 0.425. The minimum Gasteiger partial charge on any atom is -0.393 e. The van der Waals surface area contributed by atoms with Gasteiger partial charge in [0.25, 0.3) is 0 Å². The Bertz CT molecular complexity index is 266. The van der Waals surface area contributed by atoms with Gasteiger partial charge in [-0.3, -0.25) is 0 Å². The van der Waals surface area contributed by atoms with Gasteiger partial charge in [0.1, 0.15) is 6.79 Å². The number of hydrogen-bond acceptors (Lipinski definition) is 3. The normalized spacial score (nSPS) is 14.3. The van der Waals surface area contributed by atoms with Crippen LogP contribution in [-0.4, -0.2) is 31.7 Å². The Kier molecular flexibility index (Phi) is 18.7. The van der Waals surface area contributed by atoms with E-state index in [-0.39, 0.29) is 6.10 Å². The van der Waals surface area contributed by atoms with E-state index in [1.807, 2.05) is 0 Å². The molecule has 0 aromatic carbocycles. The quantitative estimate of drug-likeness (QED) is 0.192. The molecule has 0 saturated heterocycles. The van der Waals surface area contributed by atoms with Gasteiger partial charge in [-0.05, 0) is 38.0 Å². The van der Waals surface area contributed by atoms with E-state index in [1.165, 1.54) is 51.4 Å². The van der Waals surface area contributed by atoms with E-state index in [1.54, 1.807) is 7.11 Å². The van der Waals surface area contributed by atoms with E-state index < -0.39 is 0 Å². The molecule has 0 aliphatic carbocycles. The Labute approximate surface area is 150 Å². The molecule has 0 aliphatic heterocycles. The molecular formula is C21H42O3. The maximum atomic E-state index is 10.1. The van der Waals surface area contributed by atoms with Crippen molar-refractivity contribution in [2.45, 2.75) is 97.0 Å². The van der Waals surface area contributed by atoms with Crippen molar-refractivity contribution < 1.29 is 14.6 Å². The predicted octanol–water partition coefficient (Wildman–Crippen LogP) is 5.86. The topological polar surface area (TPSA) is 38.7 Å². The molecule has 1 N–H and O–H groups in total. The number of aliphatic hydroxyl groups excluding tert-OH is 1. The molecule has 0 heterocycles. The minimum atomic E-state index is -0.168. The van der Waals surface area contributed by atoms with Gasteiger partial charge in [-0.25, -0.2) is 0 Å². The summed E-state index contributed by atoms with van der Waals surface area (Å²) in [6, 6.07) is 0. The minimum absolute atomic E-state index is 0.168. The number of allylic oxidation sites excluding steroid dienone is 1. The zero-order valence-electron chi connectivity index (χ0n) is 16.5. The lowest BCUT2D eigenvalue weighted by Crippen LogP contribution is -2.16. The smallest absolute Gasteiger partial charge is 0.146 e. The molecule has 144 valence electrons. The van der Waals surface area contributed by atoms with Crippen LogP contribution >= 0.6 is 0 Å². The van der Waals surface area contributed by atoms with E-state index in [0.717, 1.165) is 32.3 Å². The largest absolute Gasteiger partial charge is 0.393 e. The van der Waals surface area contributed by atoms with Crippen LogP contribution in [0.1, 0.15) is 90.9 Å². The molecule has 0 aromatic heterocycles. The van der Waals surface area contributed by atoms with Crippen molar-refractivity contribution in [1.82, 2.24) is 0 Å². The van der Waals surface area contributed by atoms with Gasteiger partial charge in [0.15, 0.2) is 0 Å². The molecule has 0 fully saturated rings. The molecule has 0 radical (unpaired) electrons. The average molecular weight is 343 g/mol. The molecule has 2 unspecified atom stereocenters. The van der Waals surface area contributed by atoms with Gasteiger partial charge < -0.3 is 14.6 Å². The summed E-state index contributed by atoms with van der Waals surface area (Å²) in [6.45, 7) is 5.63. The molecule has 0 aromatic rings. The van der Waals surface area contributed by atoms with Gasteiger partial charge in [-0.15, -0.1) is 0 Å². The van der Waals surface area contributed by atoms with E-state index in [9.17, 15) is 5.11 Å². The second-order valence-electron chi connectivity index (χ2n) is 6.97. The zero-order valence-corrected chi connectivity index (χ0v) is 16.5. The first-order valence-electron chi connectivity index (χ1n) is 10.1. The van der Waals surface area contributed by atoms with Crippen molar-refractivity contribution in [2.75, 3.05) is 20.5 Å². The Morgan fingerprint density at radius 2 is 1.62 bits per heavy atom. The molecule has 0 bridgehead atoms. The van der Waals surface area contributed by atoms with Crippen LogP contribution in [0.4, 0.5) is 0 Å². The summed E-state index contributed by atoms with van der Waals surface area (Å²) >= 11 is 0. The standard InChI is InChI=1S/C21H42O3/c1-4-5-13-16-20(2)21(22)17-14-11-9-7-6-8-10-12-15-18-24-19-23-3/h11,14,20-22H,4-10,12-13,15-19H2,1-3H3/b14-11-. The third-order valence-corrected chi connectivity index (χ3v) is 4.57. The van der Waals surface area contributed by atoms with Gasteiger partial charge in [0.2, 0.25) is 0 Å². The van der Waals surface area contributed by atoms with Gasteiger partial charge in [0, 0.05) is 13.7 Å². The van der Waals surface area contributed by atoms with Gasteiger partial charge in [-0.2, -0.15) is 0 Å². The second-order valence-corrected chi connectivity index (χ2v) is 6.97. The van der Waals surface area contributed by atoms with Crippen LogP contribution in [0.2, 0.25) is 0 Å². The van der Waals surface area contributed by atoms with Gasteiger partial charge in [0.05, 0.1) is 6.10 Å². The number of hydrogen-bond donors (Lipinski definition) is 1. The highest BCUT2D eigenvalue weighted by Gasteiger charge is 2.11. The lowest BCUT2D eigenvalue weighted by molar-refractivity contribution is -0.0315. The van der Waals surface area contributed by atoms with Crippen LogP contribution in [0.15, 0.2) is 12.2 Å². The zero-order chi connectivity index (χ0) is 17.9. The molecule has 0 rings (SSSR count). The molecule has 3 heteroatoms. The van der Waals surface area contributed by atoms with E-state index in [0.29, 0.717) is 12.7 Å². The Hall–Kier alpha value is -0.380. The molecule has 2 atom stereocenters. The van der Waals surface area contributed by atoms with Crippen LogP contribution in [0.25, 0.3) is 0 Å². The van der Waals surface area contributed by atoms with E-state index in [4.69, 9.17) is 9.47 Å². The van der Waals surface area contributed by atoms with Crippen LogP contribution in [0.5, 0.6) is 0 Å². The first-order chi connectivity index (χ1) is 11.7. The summed E-state index contributed by atoms with van der Waals surface area (Å²) in [6.07, 6.45) is 18.7. The molecule has 3 nitrogen and oxygen atoms in total. The average Bonchev–Trinajstić information content (AvgIpc) is 2.58. The molecule has 24 heavy (non-hydrogen) atoms. The summed E-state index contributed by atoms with van der Waals surface area (Å²) in [5, 5.41) is 10.1. The molecule has 0 aliphatic rings. The van der Waals surface area contributed by atoms with Crippen molar-refractivity contribution >= 4 is 0 Å². The second kappa shape index (κ2) is 19.0. The van der Waals surface area contributed by atoms with E-state index >= 15 is 0 Å². The molecule has 0 saturated carbocycles. The van der Waals surface area contributed by atoms with Crippen molar-refractivity contribution in [2.24, 2.45) is 5.92 Å². The van der Waals surface area contributed by atoms with Crippen LogP contribution in [-0.2, 0) is 9.47 Å². The highest BCUT2D eigenvalue weighted by atomic mass is 16.7. The van der Waals surface area contributed by atoms with Crippen LogP contribution in [0.3, 0.4) is 0 Å². The van der Waals surface area contributed by atoms with Crippen molar-refractivity contribution in [3.63, 3.8) is 0 Å². The monoisotopic (exact) mass is 342 g/mol. The first kappa shape index (κ1) is 23.6. The maximum absolute atomic E-state index is 10.1. The summed E-state index contributed by atoms with van der Waals surface area (Å²) in [7, 11) is 1.66. The Morgan fingerprint density at radius 3 is 2.33 bits per heavy atom. The van der Waals surface area contributed by atoms with Crippen LogP contribution < -0.4 is 0 Å². The Balaban J connectivity index is 3.33. The van der Waals surface area contributed by atoms with Crippen LogP contribution in [0, 0.1) is 5.92 Å². The third-order valence-electron chi connectivity index (χ3n) is 4.57. The van der Waals surface area contributed by atoms with E-state index in [2.05, 4.69) is 26.0 Å². The summed E-state index contributed by atoms with van der Waals surface area (Å²) in [4.78, 5) is 0. The predicted molar refractivity (Wildman–Crippen MR) is 103 cm³/mol. The number of methoxy groups -OCH3 is 1. The third kappa shape index (κ3) is 16.5. The number of rotatable bonds is 18. The highest BCUT2D eigenvalue weighted by Crippen LogP contribution is 2.16. The SMILES string of the molecule is CCCCCC(C)C(O)C/C=C\CCCCCCCCOCOC. The fourth-order valence-corrected chi connectivity index (χ4v) is 2.81. The first-order valence-corrected chi connectivity index (χ1v) is 10.1. The number of ether oxygens (including phenoxy) is 2. The Morgan fingerprint density at radius 1 is 0.917 bits per heavy atom. The lowest BCUT2D eigenvalue weighted by Gasteiger charge is -2.17. The molecule has 0 amide bonds. The van der Waals surface area contributed by atoms with Crippen molar-refractivity contribution in [1.29, 1.82) is 0 Å². The fourth-order valence-electron chi connectivity index (χ4n) is 2.81. The highest BCUT2D eigenvalue weighted by molar-refractivity contribution is 4.85. The lowest BCUT2D eigenvalue weighted by atomic mass is 9.95. The summed E-state index contributed by atoms with van der Waals surface area (Å²) in [5.41, 5.74) is 0. The molecular weight excluding hydrogens is 300 g/mol. The van der Waals surface area contributed by atoms with Crippen molar-refractivity contribution in [3.8, 4) is 0 Å².